The van der Waals surface area contributed by atoms with Crippen molar-refractivity contribution in [3.05, 3.63) is 53.1 Å². The van der Waals surface area contributed by atoms with E-state index in [4.69, 9.17) is 25.8 Å². The van der Waals surface area contributed by atoms with Gasteiger partial charge in [0.15, 0.2) is 15.7 Å². The zero-order valence-corrected chi connectivity index (χ0v) is 22.3. The molecule has 0 saturated carbocycles. The maximum atomic E-state index is 13.6. The van der Waals surface area contributed by atoms with Gasteiger partial charge in [0.25, 0.3) is 0 Å². The van der Waals surface area contributed by atoms with Crippen molar-refractivity contribution in [1.82, 2.24) is 24.7 Å². The van der Waals surface area contributed by atoms with E-state index < -0.39 is 21.0 Å². The van der Waals surface area contributed by atoms with Gasteiger partial charge in [0.1, 0.15) is 34.6 Å². The second-order valence-corrected chi connectivity index (χ2v) is 11.6. The Hall–Kier alpha value is -2.76. The molecule has 1 aliphatic rings. The Morgan fingerprint density at radius 1 is 1.14 bits per heavy atom. The molecule has 0 amide bonds. The first-order valence-electron chi connectivity index (χ1n) is 11.7. The molecule has 12 heteroatoms. The van der Waals surface area contributed by atoms with E-state index in [0.717, 1.165) is 12.8 Å². The first-order valence-corrected chi connectivity index (χ1v) is 13.8. The number of methoxy groups -OCH3 is 2. The lowest BCUT2D eigenvalue weighted by molar-refractivity contribution is 0.0775. The second-order valence-electron chi connectivity index (χ2n) is 8.80. The summed E-state index contributed by atoms with van der Waals surface area (Å²) >= 11 is 5.89. The molecule has 1 aliphatic heterocycles. The number of ether oxygens (including phenoxy) is 3. The highest BCUT2D eigenvalue weighted by Crippen LogP contribution is 2.37. The molecule has 0 radical (unpaired) electrons. The van der Waals surface area contributed by atoms with Crippen molar-refractivity contribution >= 4 is 21.4 Å². The summed E-state index contributed by atoms with van der Waals surface area (Å²) in [6.07, 6.45) is 4.65. The minimum atomic E-state index is -3.71. The summed E-state index contributed by atoms with van der Waals surface area (Å²) in [5, 5.41) is 8.39. The largest absolute Gasteiger partial charge is 0.494 e. The number of rotatable bonds is 9. The lowest BCUT2D eigenvalue weighted by Crippen LogP contribution is -2.28. The SMILES string of the molecule is COc1cccc(OC)c1-n1c(CS(=O)(=O)[C@@H](C)[C@H](C)c2ncc(Cl)cn2)nnc1[C@@H]1CCCOC1. The van der Waals surface area contributed by atoms with Crippen LogP contribution in [0.1, 0.15) is 56.0 Å². The minimum Gasteiger partial charge on any atom is -0.494 e. The van der Waals surface area contributed by atoms with E-state index in [1.165, 1.54) is 12.4 Å². The molecule has 1 aromatic carbocycles. The van der Waals surface area contributed by atoms with Crippen LogP contribution >= 0.6 is 11.6 Å². The summed E-state index contributed by atoms with van der Waals surface area (Å²) in [4.78, 5) is 8.42. The third-order valence-electron chi connectivity index (χ3n) is 6.55. The van der Waals surface area contributed by atoms with E-state index in [1.807, 2.05) is 0 Å². The summed E-state index contributed by atoms with van der Waals surface area (Å²) in [5.74, 6) is 1.48. The summed E-state index contributed by atoms with van der Waals surface area (Å²) in [5.41, 5.74) is 0.556. The molecule has 0 aliphatic carbocycles. The Balaban J connectivity index is 1.77. The van der Waals surface area contributed by atoms with Crippen molar-refractivity contribution in [3.8, 4) is 17.2 Å². The maximum absolute atomic E-state index is 13.6. The lowest BCUT2D eigenvalue weighted by atomic mass is 10.0. The Bertz CT molecular complexity index is 1270. The normalized spacial score (nSPS) is 18.0. The molecular weight excluding hydrogens is 506 g/mol. The van der Waals surface area contributed by atoms with Crippen LogP contribution in [-0.4, -0.2) is 65.8 Å². The van der Waals surface area contributed by atoms with Gasteiger partial charge in [0.2, 0.25) is 0 Å². The van der Waals surface area contributed by atoms with Gasteiger partial charge < -0.3 is 14.2 Å². The molecule has 3 atom stereocenters. The highest BCUT2D eigenvalue weighted by atomic mass is 35.5. The average molecular weight is 536 g/mol. The molecule has 0 spiro atoms. The highest BCUT2D eigenvalue weighted by molar-refractivity contribution is 7.91. The topological polar surface area (TPSA) is 118 Å². The number of hydrogen-bond acceptors (Lipinski definition) is 9. The van der Waals surface area contributed by atoms with E-state index in [9.17, 15) is 8.42 Å². The predicted molar refractivity (Wildman–Crippen MR) is 135 cm³/mol. The fraction of sp³-hybridized carbons (Fsp3) is 0.500. The average Bonchev–Trinajstić information content (AvgIpc) is 3.30. The van der Waals surface area contributed by atoms with Crippen molar-refractivity contribution in [2.75, 3.05) is 27.4 Å². The molecule has 3 heterocycles. The van der Waals surface area contributed by atoms with Crippen molar-refractivity contribution in [1.29, 1.82) is 0 Å². The second kappa shape index (κ2) is 11.1. The van der Waals surface area contributed by atoms with Crippen LogP contribution in [0.2, 0.25) is 5.02 Å². The molecule has 1 saturated heterocycles. The van der Waals surface area contributed by atoms with Crippen molar-refractivity contribution in [2.24, 2.45) is 0 Å². The van der Waals surface area contributed by atoms with Crippen LogP contribution in [0.4, 0.5) is 0 Å². The van der Waals surface area contributed by atoms with Crippen molar-refractivity contribution in [3.63, 3.8) is 0 Å². The number of nitrogens with zero attached hydrogens (tertiary/aromatic N) is 5. The number of para-hydroxylation sites is 1. The summed E-state index contributed by atoms with van der Waals surface area (Å²) < 4.78 is 45.9. The molecule has 0 unspecified atom stereocenters. The zero-order chi connectivity index (χ0) is 25.9. The first-order chi connectivity index (χ1) is 17.3. The Labute approximate surface area is 215 Å². The summed E-state index contributed by atoms with van der Waals surface area (Å²) in [7, 11) is -0.599. The van der Waals surface area contributed by atoms with E-state index in [0.29, 0.717) is 47.1 Å². The molecular formula is C24H30ClN5O5S. The number of benzene rings is 1. The number of hydrogen-bond donors (Lipinski definition) is 0. The van der Waals surface area contributed by atoms with Gasteiger partial charge in [0.05, 0.1) is 31.1 Å². The maximum Gasteiger partial charge on any atom is 0.160 e. The van der Waals surface area contributed by atoms with Crippen molar-refractivity contribution in [2.45, 2.75) is 49.5 Å². The molecule has 0 N–H and O–H groups in total. The van der Waals surface area contributed by atoms with Crippen LogP contribution in [-0.2, 0) is 20.3 Å². The van der Waals surface area contributed by atoms with Crippen molar-refractivity contribution < 1.29 is 22.6 Å². The molecule has 3 aromatic rings. The molecule has 36 heavy (non-hydrogen) atoms. The predicted octanol–water partition coefficient (Wildman–Crippen LogP) is 3.73. The van der Waals surface area contributed by atoms with Gasteiger partial charge in [-0.1, -0.05) is 24.6 Å². The quantitative estimate of drug-likeness (QED) is 0.403. The van der Waals surface area contributed by atoms with Gasteiger partial charge in [0, 0.05) is 30.8 Å². The Morgan fingerprint density at radius 2 is 1.81 bits per heavy atom. The number of sulfone groups is 1. The lowest BCUT2D eigenvalue weighted by Gasteiger charge is -2.24. The third kappa shape index (κ3) is 5.33. The van der Waals surface area contributed by atoms with E-state index in [2.05, 4.69) is 20.2 Å². The van der Waals surface area contributed by atoms with E-state index >= 15 is 0 Å². The van der Waals surface area contributed by atoms with Gasteiger partial charge in [-0.15, -0.1) is 10.2 Å². The van der Waals surface area contributed by atoms with Crippen LogP contribution < -0.4 is 9.47 Å². The molecule has 2 aromatic heterocycles. The van der Waals surface area contributed by atoms with Crippen LogP contribution in [0.15, 0.2) is 30.6 Å². The summed E-state index contributed by atoms with van der Waals surface area (Å²) in [6.45, 7) is 4.60. The van der Waals surface area contributed by atoms with Gasteiger partial charge in [-0.3, -0.25) is 4.57 Å². The van der Waals surface area contributed by atoms with Crippen LogP contribution in [0.25, 0.3) is 5.69 Å². The number of halogens is 1. The Kier molecular flexibility index (Phi) is 8.11. The Morgan fingerprint density at radius 3 is 2.39 bits per heavy atom. The van der Waals surface area contributed by atoms with Gasteiger partial charge in [-0.05, 0) is 31.9 Å². The van der Waals surface area contributed by atoms with Gasteiger partial charge >= 0.3 is 0 Å². The summed E-state index contributed by atoms with van der Waals surface area (Å²) in [6, 6.07) is 5.39. The van der Waals surface area contributed by atoms with E-state index in [1.54, 1.807) is 50.8 Å². The molecule has 194 valence electrons. The number of aromatic nitrogens is 5. The molecule has 0 bridgehead atoms. The standard InChI is InChI=1S/C24H30ClN5O5S/c1-15(23-26-11-18(25)12-27-23)16(2)36(31,32)14-21-28-29-24(17-7-6-10-35-13-17)30(21)22-19(33-3)8-5-9-20(22)34-4/h5,8-9,11-12,15-17H,6-7,10,13-14H2,1-4H3/t15-,16-,17+/m0/s1. The third-order valence-corrected chi connectivity index (χ3v) is 8.95. The monoisotopic (exact) mass is 535 g/mol. The fourth-order valence-electron chi connectivity index (χ4n) is 4.32. The highest BCUT2D eigenvalue weighted by Gasteiger charge is 2.34. The van der Waals surface area contributed by atoms with Gasteiger partial charge in [-0.25, -0.2) is 18.4 Å². The van der Waals surface area contributed by atoms with Crippen LogP contribution in [0.5, 0.6) is 11.5 Å². The zero-order valence-electron chi connectivity index (χ0n) is 20.7. The smallest absolute Gasteiger partial charge is 0.160 e. The van der Waals surface area contributed by atoms with Crippen LogP contribution in [0.3, 0.4) is 0 Å². The van der Waals surface area contributed by atoms with Gasteiger partial charge in [-0.2, -0.15) is 0 Å². The van der Waals surface area contributed by atoms with E-state index in [-0.39, 0.29) is 17.5 Å². The molecule has 1 fully saturated rings. The first kappa shape index (κ1) is 26.3. The molecule has 10 nitrogen and oxygen atoms in total. The fourth-order valence-corrected chi connectivity index (χ4v) is 5.97. The van der Waals surface area contributed by atoms with Crippen LogP contribution in [0, 0.1) is 0 Å². The molecule has 4 rings (SSSR count). The minimum absolute atomic E-state index is 0.0452.